The standard InChI is InChI=1S/C29H46N2O4/c1-3-34-29(33)27(21-22-9-5-4-6-10-22)31-28(32)25-13-11-23(12-14-25)24-15-17-26(18-16-24)35-20-8-7-19-30-2/h4-6,9-10,23-27,30H,3,7-8,11-21H2,1-2H3,(H,31,32)/t23?,24?,25?,26?,27-/m1/s1. The highest BCUT2D eigenvalue weighted by molar-refractivity contribution is 5.86. The largest absolute Gasteiger partial charge is 0.464 e. The predicted octanol–water partition coefficient (Wildman–Crippen LogP) is 4.66. The van der Waals surface area contributed by atoms with Crippen molar-refractivity contribution < 1.29 is 19.1 Å². The lowest BCUT2D eigenvalue weighted by Crippen LogP contribution is -2.46. The van der Waals surface area contributed by atoms with Gasteiger partial charge in [0.1, 0.15) is 6.04 Å². The van der Waals surface area contributed by atoms with Crippen LogP contribution in [0, 0.1) is 17.8 Å². The number of hydrogen-bond donors (Lipinski definition) is 2. The highest BCUT2D eigenvalue weighted by Crippen LogP contribution is 2.40. The first kappa shape index (κ1) is 27.7. The fourth-order valence-corrected chi connectivity index (χ4v) is 5.81. The molecule has 1 aromatic rings. The van der Waals surface area contributed by atoms with Gasteiger partial charge in [-0.1, -0.05) is 30.3 Å². The van der Waals surface area contributed by atoms with E-state index in [0.29, 0.717) is 19.1 Å². The predicted molar refractivity (Wildman–Crippen MR) is 139 cm³/mol. The van der Waals surface area contributed by atoms with Crippen LogP contribution in [0.15, 0.2) is 30.3 Å². The molecule has 6 heteroatoms. The van der Waals surface area contributed by atoms with E-state index in [1.807, 2.05) is 37.4 Å². The summed E-state index contributed by atoms with van der Waals surface area (Å²) < 4.78 is 11.4. The average Bonchev–Trinajstić information content (AvgIpc) is 2.89. The minimum atomic E-state index is -0.629. The third-order valence-corrected chi connectivity index (χ3v) is 7.87. The Kier molecular flexibility index (Phi) is 12.1. The first-order valence-electron chi connectivity index (χ1n) is 13.9. The summed E-state index contributed by atoms with van der Waals surface area (Å²) in [4.78, 5) is 25.6. The average molecular weight is 487 g/mol. The second kappa shape index (κ2) is 15.2. The molecule has 1 atom stereocenters. The Morgan fingerprint density at radius 2 is 1.60 bits per heavy atom. The molecule has 35 heavy (non-hydrogen) atoms. The lowest BCUT2D eigenvalue weighted by molar-refractivity contribution is -0.148. The molecule has 0 unspecified atom stereocenters. The van der Waals surface area contributed by atoms with E-state index in [1.54, 1.807) is 6.92 Å². The van der Waals surface area contributed by atoms with Crippen LogP contribution in [0.4, 0.5) is 0 Å². The van der Waals surface area contributed by atoms with Gasteiger partial charge >= 0.3 is 5.97 Å². The fraction of sp³-hybridized carbons (Fsp3) is 0.724. The van der Waals surface area contributed by atoms with Crippen molar-refractivity contribution in [2.45, 2.75) is 89.7 Å². The van der Waals surface area contributed by atoms with Crippen LogP contribution in [-0.4, -0.2) is 50.8 Å². The summed E-state index contributed by atoms with van der Waals surface area (Å²) in [5, 5.41) is 6.20. The molecule has 0 spiro atoms. The summed E-state index contributed by atoms with van der Waals surface area (Å²) in [6.07, 6.45) is 12.1. The molecule has 2 aliphatic rings. The lowest BCUT2D eigenvalue weighted by atomic mass is 9.70. The van der Waals surface area contributed by atoms with Crippen LogP contribution in [-0.2, 0) is 25.5 Å². The Labute approximate surface area is 211 Å². The van der Waals surface area contributed by atoms with Crippen molar-refractivity contribution in [2.75, 3.05) is 26.8 Å². The van der Waals surface area contributed by atoms with Gasteiger partial charge in [-0.25, -0.2) is 4.79 Å². The zero-order chi connectivity index (χ0) is 24.9. The molecule has 0 radical (unpaired) electrons. The highest BCUT2D eigenvalue weighted by Gasteiger charge is 2.34. The van der Waals surface area contributed by atoms with E-state index in [0.717, 1.165) is 62.7 Å². The van der Waals surface area contributed by atoms with E-state index in [2.05, 4.69) is 10.6 Å². The van der Waals surface area contributed by atoms with Gasteiger partial charge in [-0.15, -0.1) is 0 Å². The van der Waals surface area contributed by atoms with Gasteiger partial charge in [0.05, 0.1) is 12.7 Å². The maximum absolute atomic E-state index is 13.1. The molecular formula is C29H46N2O4. The van der Waals surface area contributed by atoms with Gasteiger partial charge < -0.3 is 20.1 Å². The SMILES string of the molecule is CCOC(=O)[C@@H](Cc1ccccc1)NC(=O)C1CCC(C2CCC(OCCCCNC)CC2)CC1. The summed E-state index contributed by atoms with van der Waals surface area (Å²) in [5.74, 6) is 1.15. The smallest absolute Gasteiger partial charge is 0.328 e. The highest BCUT2D eigenvalue weighted by atomic mass is 16.5. The van der Waals surface area contributed by atoms with Crippen LogP contribution in [0.3, 0.4) is 0 Å². The van der Waals surface area contributed by atoms with Crippen molar-refractivity contribution in [1.82, 2.24) is 10.6 Å². The lowest BCUT2D eigenvalue weighted by Gasteiger charge is -2.37. The molecule has 2 saturated carbocycles. The Morgan fingerprint density at radius 3 is 2.23 bits per heavy atom. The molecule has 3 rings (SSSR count). The summed E-state index contributed by atoms with van der Waals surface area (Å²) in [6.45, 7) is 4.06. The molecule has 196 valence electrons. The number of carbonyl (C=O) groups excluding carboxylic acids is 2. The molecular weight excluding hydrogens is 440 g/mol. The van der Waals surface area contributed by atoms with E-state index in [-0.39, 0.29) is 17.8 Å². The molecule has 0 aliphatic heterocycles. The second-order valence-electron chi connectivity index (χ2n) is 10.3. The second-order valence-corrected chi connectivity index (χ2v) is 10.3. The first-order valence-corrected chi connectivity index (χ1v) is 13.9. The Balaban J connectivity index is 1.40. The number of hydrogen-bond acceptors (Lipinski definition) is 5. The molecule has 0 saturated heterocycles. The minimum Gasteiger partial charge on any atom is -0.464 e. The maximum atomic E-state index is 13.1. The van der Waals surface area contributed by atoms with Crippen LogP contribution < -0.4 is 10.6 Å². The third-order valence-electron chi connectivity index (χ3n) is 7.87. The number of benzene rings is 1. The van der Waals surface area contributed by atoms with Gasteiger partial charge in [-0.05, 0) is 102 Å². The normalized spacial score (nSPS) is 25.5. The minimum absolute atomic E-state index is 0.00349. The quantitative estimate of drug-likeness (QED) is 0.313. The summed E-state index contributed by atoms with van der Waals surface area (Å²) >= 11 is 0. The first-order chi connectivity index (χ1) is 17.1. The van der Waals surface area contributed by atoms with Gasteiger partial charge in [0.2, 0.25) is 5.91 Å². The van der Waals surface area contributed by atoms with Crippen molar-refractivity contribution in [3.63, 3.8) is 0 Å². The van der Waals surface area contributed by atoms with E-state index in [1.165, 1.54) is 32.1 Å². The molecule has 6 nitrogen and oxygen atoms in total. The molecule has 0 aromatic heterocycles. The van der Waals surface area contributed by atoms with Crippen molar-refractivity contribution >= 4 is 11.9 Å². The zero-order valence-corrected chi connectivity index (χ0v) is 21.8. The van der Waals surface area contributed by atoms with Crippen LogP contribution in [0.2, 0.25) is 0 Å². The van der Waals surface area contributed by atoms with E-state index in [4.69, 9.17) is 9.47 Å². The number of rotatable bonds is 13. The number of carbonyl (C=O) groups is 2. The monoisotopic (exact) mass is 486 g/mol. The molecule has 0 heterocycles. The van der Waals surface area contributed by atoms with Crippen molar-refractivity contribution in [3.8, 4) is 0 Å². The zero-order valence-electron chi connectivity index (χ0n) is 21.8. The summed E-state index contributed by atoms with van der Waals surface area (Å²) in [6, 6.07) is 9.18. The van der Waals surface area contributed by atoms with Crippen molar-refractivity contribution in [2.24, 2.45) is 17.8 Å². The molecule has 1 aromatic carbocycles. The molecule has 2 N–H and O–H groups in total. The van der Waals surface area contributed by atoms with Crippen LogP contribution in [0.5, 0.6) is 0 Å². The van der Waals surface area contributed by atoms with Gasteiger partial charge in [0.15, 0.2) is 0 Å². The fourth-order valence-electron chi connectivity index (χ4n) is 5.81. The van der Waals surface area contributed by atoms with Crippen molar-refractivity contribution in [3.05, 3.63) is 35.9 Å². The molecule has 2 fully saturated rings. The van der Waals surface area contributed by atoms with Gasteiger partial charge in [0, 0.05) is 18.9 Å². The molecule has 1 amide bonds. The van der Waals surface area contributed by atoms with E-state index in [9.17, 15) is 9.59 Å². The topological polar surface area (TPSA) is 76.7 Å². The molecule has 2 aliphatic carbocycles. The number of amides is 1. The summed E-state index contributed by atoms with van der Waals surface area (Å²) in [5.41, 5.74) is 1.02. The van der Waals surface area contributed by atoms with Gasteiger partial charge in [-0.2, -0.15) is 0 Å². The number of nitrogens with one attached hydrogen (secondary N) is 2. The number of unbranched alkanes of at least 4 members (excludes halogenated alkanes) is 1. The molecule has 0 bridgehead atoms. The van der Waals surface area contributed by atoms with Crippen LogP contribution in [0.1, 0.15) is 76.7 Å². The third kappa shape index (κ3) is 9.23. The Hall–Kier alpha value is -1.92. The van der Waals surface area contributed by atoms with E-state index < -0.39 is 6.04 Å². The number of esters is 1. The summed E-state index contributed by atoms with van der Waals surface area (Å²) in [7, 11) is 1.99. The van der Waals surface area contributed by atoms with E-state index >= 15 is 0 Å². The Morgan fingerprint density at radius 1 is 0.943 bits per heavy atom. The van der Waals surface area contributed by atoms with Crippen molar-refractivity contribution in [1.29, 1.82) is 0 Å². The van der Waals surface area contributed by atoms with Gasteiger partial charge in [0.25, 0.3) is 0 Å². The van der Waals surface area contributed by atoms with Crippen LogP contribution in [0.25, 0.3) is 0 Å². The Bertz CT molecular complexity index is 740. The van der Waals surface area contributed by atoms with Crippen LogP contribution >= 0.6 is 0 Å². The van der Waals surface area contributed by atoms with Gasteiger partial charge in [-0.3, -0.25) is 4.79 Å². The maximum Gasteiger partial charge on any atom is 0.328 e. The number of ether oxygens (including phenoxy) is 2.